The van der Waals surface area contributed by atoms with Gasteiger partial charge in [0.15, 0.2) is 5.69 Å². The first-order chi connectivity index (χ1) is 16.6. The van der Waals surface area contributed by atoms with Crippen molar-refractivity contribution in [2.45, 2.75) is 36.8 Å². The molecule has 2 N–H and O–H groups in total. The highest BCUT2D eigenvalue weighted by molar-refractivity contribution is 6.32. The molecule has 2 aliphatic rings. The minimum atomic E-state index is -4.61. The van der Waals surface area contributed by atoms with Crippen LogP contribution in [0.4, 0.5) is 29.2 Å². The Hall–Kier alpha value is -2.54. The highest BCUT2D eigenvalue weighted by Crippen LogP contribution is 2.38. The fraction of sp³-hybridized carbons (Fsp3) is 0.500. The van der Waals surface area contributed by atoms with Crippen molar-refractivity contribution in [3.05, 3.63) is 40.8 Å². The zero-order valence-corrected chi connectivity index (χ0v) is 19.4. The third kappa shape index (κ3) is 4.67. The van der Waals surface area contributed by atoms with Gasteiger partial charge in [0.2, 0.25) is 5.95 Å². The Labute approximate surface area is 202 Å². The van der Waals surface area contributed by atoms with Gasteiger partial charge in [-0.25, -0.2) is 14.4 Å². The summed E-state index contributed by atoms with van der Waals surface area (Å²) in [4.78, 5) is 10.3. The molecular formula is C22H23ClF4N6O2. The molecule has 8 nitrogen and oxygen atoms in total. The molecule has 4 atom stereocenters. The minimum absolute atomic E-state index is 0.0499. The minimum Gasteiger partial charge on any atom is -0.389 e. The van der Waals surface area contributed by atoms with E-state index in [0.29, 0.717) is 41.1 Å². The number of aryl methyl sites for hydroxylation is 1. The zero-order chi connectivity index (χ0) is 24.9. The van der Waals surface area contributed by atoms with Gasteiger partial charge >= 0.3 is 6.18 Å². The normalized spacial score (nSPS) is 25.9. The number of benzene rings is 1. The number of hydrogen-bond donors (Lipinski definition) is 2. The number of halogens is 5. The second-order valence-corrected chi connectivity index (χ2v) is 9.26. The predicted molar refractivity (Wildman–Crippen MR) is 120 cm³/mol. The Bertz CT molecular complexity index is 1240. The highest BCUT2D eigenvalue weighted by Gasteiger charge is 2.39. The van der Waals surface area contributed by atoms with E-state index in [4.69, 9.17) is 16.3 Å². The molecule has 13 heteroatoms. The van der Waals surface area contributed by atoms with Crippen LogP contribution < -0.4 is 5.32 Å². The number of hydrogen-bond acceptors (Lipinski definition) is 7. The summed E-state index contributed by atoms with van der Waals surface area (Å²) in [5.74, 6) is -0.532. The van der Waals surface area contributed by atoms with E-state index in [1.54, 1.807) is 12.1 Å². The van der Waals surface area contributed by atoms with Gasteiger partial charge in [-0.1, -0.05) is 11.6 Å². The van der Waals surface area contributed by atoms with Crippen LogP contribution in [0.3, 0.4) is 0 Å². The van der Waals surface area contributed by atoms with Gasteiger partial charge in [-0.3, -0.25) is 9.58 Å². The Morgan fingerprint density at radius 3 is 2.71 bits per heavy atom. The number of likely N-dealkylation sites (tertiary alicyclic amines) is 1. The number of nitrogens with zero attached hydrogens (tertiary/aromatic N) is 5. The third-order valence-corrected chi connectivity index (χ3v) is 6.94. The number of nitrogens with one attached hydrogen (secondary N) is 1. The Kier molecular flexibility index (Phi) is 6.32. The van der Waals surface area contributed by atoms with Crippen LogP contribution in [-0.2, 0) is 18.0 Å². The maximum atomic E-state index is 15.3. The molecule has 3 aromatic rings. The van der Waals surface area contributed by atoms with Crippen molar-refractivity contribution >= 4 is 34.1 Å². The largest absolute Gasteiger partial charge is 0.435 e. The molecule has 0 radical (unpaired) electrons. The highest BCUT2D eigenvalue weighted by atomic mass is 35.5. The standard InChI is InChI=1S/C22H23ClF4N6O2/c1-32-20(22(25,26)27)17(7-29-32)31-21-28-6-11-4-14(23)13(5-16(11)30-21)12-2-3-33(8-15(12)24)18-9-35-10-19(18)34/h4-7,12,15,18-19,34H,2-3,8-10H2,1H3,(H,28,30,31). The van der Waals surface area contributed by atoms with E-state index in [-0.39, 0.29) is 30.8 Å². The Morgan fingerprint density at radius 1 is 1.23 bits per heavy atom. The molecule has 0 saturated carbocycles. The summed E-state index contributed by atoms with van der Waals surface area (Å²) in [5, 5.41) is 17.3. The number of rotatable bonds is 4. The van der Waals surface area contributed by atoms with Gasteiger partial charge in [-0.05, 0) is 30.7 Å². The van der Waals surface area contributed by atoms with Gasteiger partial charge in [-0.2, -0.15) is 18.3 Å². The van der Waals surface area contributed by atoms with E-state index in [1.165, 1.54) is 13.2 Å². The second kappa shape index (κ2) is 9.16. The molecule has 4 heterocycles. The Balaban J connectivity index is 1.40. The number of aromatic nitrogens is 4. The van der Waals surface area contributed by atoms with Gasteiger partial charge in [0.25, 0.3) is 0 Å². The van der Waals surface area contributed by atoms with Crippen molar-refractivity contribution in [1.82, 2.24) is 24.6 Å². The van der Waals surface area contributed by atoms with Crippen molar-refractivity contribution in [3.63, 3.8) is 0 Å². The molecule has 2 aliphatic heterocycles. The van der Waals surface area contributed by atoms with E-state index in [0.717, 1.165) is 10.9 Å². The first-order valence-corrected chi connectivity index (χ1v) is 11.5. The maximum absolute atomic E-state index is 15.3. The Morgan fingerprint density at radius 2 is 2.03 bits per heavy atom. The molecule has 0 aliphatic carbocycles. The molecule has 4 unspecified atom stereocenters. The van der Waals surface area contributed by atoms with Gasteiger partial charge in [0, 0.05) is 36.1 Å². The van der Waals surface area contributed by atoms with Gasteiger partial charge in [0.1, 0.15) is 6.17 Å². The SMILES string of the molecule is Cn1ncc(Nc2ncc3cc(Cl)c(C4CCN(C5COCC5O)CC4F)cc3n2)c1C(F)(F)F. The number of fused-ring (bicyclic) bond motifs is 1. The molecule has 0 spiro atoms. The summed E-state index contributed by atoms with van der Waals surface area (Å²) >= 11 is 6.48. The number of ether oxygens (including phenoxy) is 1. The van der Waals surface area contributed by atoms with Crippen molar-refractivity contribution in [1.29, 1.82) is 0 Å². The molecular weight excluding hydrogens is 492 g/mol. The third-order valence-electron chi connectivity index (χ3n) is 6.61. The lowest BCUT2D eigenvalue weighted by molar-refractivity contribution is -0.143. The van der Waals surface area contributed by atoms with Gasteiger partial charge < -0.3 is 15.2 Å². The van der Waals surface area contributed by atoms with E-state index in [1.807, 2.05) is 4.90 Å². The number of anilines is 2. The molecule has 0 amide bonds. The quantitative estimate of drug-likeness (QED) is 0.514. The van der Waals surface area contributed by atoms with Crippen LogP contribution in [0.15, 0.2) is 24.5 Å². The number of alkyl halides is 4. The van der Waals surface area contributed by atoms with Crippen molar-refractivity contribution in [3.8, 4) is 0 Å². The van der Waals surface area contributed by atoms with Crippen molar-refractivity contribution in [2.75, 3.05) is 31.6 Å². The molecule has 2 fully saturated rings. The fourth-order valence-corrected chi connectivity index (χ4v) is 5.17. The van der Waals surface area contributed by atoms with Crippen LogP contribution in [0.5, 0.6) is 0 Å². The molecule has 188 valence electrons. The van der Waals surface area contributed by atoms with E-state index in [2.05, 4.69) is 20.4 Å². The van der Waals surface area contributed by atoms with Crippen LogP contribution in [0.2, 0.25) is 5.02 Å². The summed E-state index contributed by atoms with van der Waals surface area (Å²) in [6.45, 7) is 1.33. The average molecular weight is 515 g/mol. The van der Waals surface area contributed by atoms with E-state index < -0.39 is 30.1 Å². The number of aliphatic hydroxyl groups is 1. The summed E-state index contributed by atoms with van der Waals surface area (Å²) in [6, 6.07) is 3.07. The second-order valence-electron chi connectivity index (χ2n) is 8.86. The average Bonchev–Trinajstić information content (AvgIpc) is 3.38. The topological polar surface area (TPSA) is 88.3 Å². The van der Waals surface area contributed by atoms with Gasteiger partial charge in [0.05, 0.1) is 42.8 Å². The maximum Gasteiger partial charge on any atom is 0.435 e. The lowest BCUT2D eigenvalue weighted by Crippen LogP contribution is -2.50. The van der Waals surface area contributed by atoms with Crippen LogP contribution >= 0.6 is 11.6 Å². The summed E-state index contributed by atoms with van der Waals surface area (Å²) < 4.78 is 61.4. The lowest BCUT2D eigenvalue weighted by atomic mass is 9.86. The fourth-order valence-electron chi connectivity index (χ4n) is 4.86. The first kappa shape index (κ1) is 24.2. The van der Waals surface area contributed by atoms with E-state index >= 15 is 4.39 Å². The van der Waals surface area contributed by atoms with Crippen LogP contribution in [0.1, 0.15) is 23.6 Å². The van der Waals surface area contributed by atoms with E-state index in [9.17, 15) is 18.3 Å². The molecule has 2 saturated heterocycles. The van der Waals surface area contributed by atoms with Crippen LogP contribution in [0, 0.1) is 0 Å². The molecule has 2 aromatic heterocycles. The molecule has 1 aromatic carbocycles. The predicted octanol–water partition coefficient (Wildman–Crippen LogP) is 3.67. The number of aliphatic hydroxyl groups excluding tert-OH is 1. The first-order valence-electron chi connectivity index (χ1n) is 11.1. The monoisotopic (exact) mass is 514 g/mol. The van der Waals surface area contributed by atoms with Crippen LogP contribution in [0.25, 0.3) is 10.9 Å². The molecule has 0 bridgehead atoms. The molecule has 35 heavy (non-hydrogen) atoms. The summed E-state index contributed by atoms with van der Waals surface area (Å²) in [7, 11) is 1.20. The number of piperidine rings is 1. The molecule has 5 rings (SSSR count). The smallest absolute Gasteiger partial charge is 0.389 e. The lowest BCUT2D eigenvalue weighted by Gasteiger charge is -2.39. The van der Waals surface area contributed by atoms with Crippen molar-refractivity contribution < 1.29 is 27.4 Å². The summed E-state index contributed by atoms with van der Waals surface area (Å²) in [6.07, 6.45) is -3.50. The van der Waals surface area contributed by atoms with Gasteiger partial charge in [-0.15, -0.1) is 0 Å². The zero-order valence-electron chi connectivity index (χ0n) is 18.6. The van der Waals surface area contributed by atoms with Crippen LogP contribution in [-0.4, -0.2) is 74.4 Å². The summed E-state index contributed by atoms with van der Waals surface area (Å²) in [5.41, 5.74) is -0.226. The van der Waals surface area contributed by atoms with Crippen molar-refractivity contribution in [2.24, 2.45) is 7.05 Å².